The summed E-state index contributed by atoms with van der Waals surface area (Å²) in [5.41, 5.74) is 0.453. The van der Waals surface area contributed by atoms with Gasteiger partial charge in [-0.2, -0.15) is 0 Å². The molecule has 17 heavy (non-hydrogen) atoms. The fourth-order valence-electron chi connectivity index (χ4n) is 1.89. The van der Waals surface area contributed by atoms with Crippen molar-refractivity contribution in [3.05, 3.63) is 35.9 Å². The third-order valence-corrected chi connectivity index (χ3v) is 3.72. The highest BCUT2D eigenvalue weighted by molar-refractivity contribution is 6.70. The maximum Gasteiger partial charge on any atom is 0.185 e. The number of benzene rings is 1. The number of hydrogen-bond acceptors (Lipinski definition) is 2. The van der Waals surface area contributed by atoms with Gasteiger partial charge in [-0.15, -0.1) is 0 Å². The van der Waals surface area contributed by atoms with E-state index in [9.17, 15) is 4.79 Å². The van der Waals surface area contributed by atoms with E-state index in [0.717, 1.165) is 5.56 Å². The molecule has 1 aromatic carbocycles. The minimum atomic E-state index is -1.73. The van der Waals surface area contributed by atoms with E-state index in [1.54, 1.807) is 6.92 Å². The Labute approximate surface area is 105 Å². The van der Waals surface area contributed by atoms with Crippen LogP contribution in [0, 0.1) is 0 Å². The minimum absolute atomic E-state index is 0.101. The van der Waals surface area contributed by atoms with Crippen molar-refractivity contribution in [1.82, 2.24) is 0 Å². The molecule has 0 amide bonds. The number of ketones is 1. The molecular weight excluding hydrogens is 228 g/mol. The molecule has 1 aromatic rings. The molecule has 0 saturated carbocycles. The van der Waals surface area contributed by atoms with Crippen molar-refractivity contribution in [2.75, 3.05) is 0 Å². The van der Waals surface area contributed by atoms with E-state index >= 15 is 0 Å². The zero-order chi connectivity index (χ0) is 13.1. The average molecular weight is 250 g/mol. The molecule has 1 unspecified atom stereocenters. The first kappa shape index (κ1) is 14.1. The molecule has 0 aliphatic heterocycles. The topological polar surface area (TPSA) is 26.3 Å². The summed E-state index contributed by atoms with van der Waals surface area (Å²) in [6.45, 7) is 9.85. The maximum absolute atomic E-state index is 11.8. The van der Waals surface area contributed by atoms with Gasteiger partial charge in [-0.05, 0) is 39.1 Å². The van der Waals surface area contributed by atoms with Gasteiger partial charge in [0.1, 0.15) is 5.60 Å². The van der Waals surface area contributed by atoms with Gasteiger partial charge in [0, 0.05) is 6.42 Å². The third-order valence-electron chi connectivity index (χ3n) is 2.66. The molecule has 0 aromatic heterocycles. The summed E-state index contributed by atoms with van der Waals surface area (Å²) in [7, 11) is -1.73. The van der Waals surface area contributed by atoms with Crippen LogP contribution in [0.25, 0.3) is 0 Å². The van der Waals surface area contributed by atoms with E-state index < -0.39 is 13.9 Å². The Hall–Kier alpha value is -0.933. The Balaban J connectivity index is 2.90. The molecular formula is C14H22O2Si. The molecule has 3 heteroatoms. The molecule has 1 rings (SSSR count). The van der Waals surface area contributed by atoms with Crippen LogP contribution in [0.3, 0.4) is 0 Å². The van der Waals surface area contributed by atoms with Crippen LogP contribution in [-0.2, 0) is 15.6 Å². The number of carbonyl (C=O) groups excluding carboxylic acids is 1. The van der Waals surface area contributed by atoms with Crippen LogP contribution in [0.2, 0.25) is 19.6 Å². The van der Waals surface area contributed by atoms with Crippen LogP contribution in [0.15, 0.2) is 30.3 Å². The normalized spacial score (nSPS) is 15.4. The Bertz CT molecular complexity index is 381. The molecule has 2 nitrogen and oxygen atoms in total. The molecule has 0 aliphatic rings. The van der Waals surface area contributed by atoms with Gasteiger partial charge < -0.3 is 4.43 Å². The van der Waals surface area contributed by atoms with Crippen LogP contribution in [0.4, 0.5) is 0 Å². The maximum atomic E-state index is 11.8. The van der Waals surface area contributed by atoms with Crippen molar-refractivity contribution >= 4 is 14.1 Å². The summed E-state index contributed by atoms with van der Waals surface area (Å²) >= 11 is 0. The van der Waals surface area contributed by atoms with Crippen molar-refractivity contribution < 1.29 is 9.22 Å². The van der Waals surface area contributed by atoms with Crippen LogP contribution in [0.1, 0.15) is 19.4 Å². The fourth-order valence-corrected chi connectivity index (χ4v) is 3.46. The monoisotopic (exact) mass is 250 g/mol. The first-order chi connectivity index (χ1) is 7.73. The minimum Gasteiger partial charge on any atom is -0.405 e. The molecule has 0 N–H and O–H groups in total. The first-order valence-corrected chi connectivity index (χ1v) is 9.39. The largest absolute Gasteiger partial charge is 0.405 e. The lowest BCUT2D eigenvalue weighted by molar-refractivity contribution is -0.131. The van der Waals surface area contributed by atoms with Gasteiger partial charge in [-0.1, -0.05) is 30.3 Å². The van der Waals surface area contributed by atoms with Gasteiger partial charge in [-0.3, -0.25) is 4.79 Å². The van der Waals surface area contributed by atoms with Gasteiger partial charge in [0.25, 0.3) is 0 Å². The van der Waals surface area contributed by atoms with Crippen LogP contribution >= 0.6 is 0 Å². The number of rotatable bonds is 5. The second kappa shape index (κ2) is 5.15. The highest BCUT2D eigenvalue weighted by Crippen LogP contribution is 2.23. The second-order valence-corrected chi connectivity index (χ2v) is 10.1. The highest BCUT2D eigenvalue weighted by Gasteiger charge is 2.35. The Morgan fingerprint density at radius 2 is 1.76 bits per heavy atom. The molecule has 0 bridgehead atoms. The van der Waals surface area contributed by atoms with Crippen LogP contribution < -0.4 is 0 Å². The number of hydrogen-bond donors (Lipinski definition) is 0. The summed E-state index contributed by atoms with van der Waals surface area (Å²) in [5, 5.41) is 0. The summed E-state index contributed by atoms with van der Waals surface area (Å²) in [5.74, 6) is 0.101. The fraction of sp³-hybridized carbons (Fsp3) is 0.500. The standard InChI is InChI=1S/C14H22O2Si/c1-12(15)14(2,16-17(3,4)5)11-13-9-7-6-8-10-13/h6-10H,11H2,1-5H3. The second-order valence-electron chi connectivity index (χ2n) is 5.66. The molecule has 1 atom stereocenters. The Morgan fingerprint density at radius 1 is 1.24 bits per heavy atom. The molecule has 0 fully saturated rings. The Kier molecular flexibility index (Phi) is 4.28. The van der Waals surface area contributed by atoms with Crippen LogP contribution in [0.5, 0.6) is 0 Å². The number of Topliss-reactive ketones (excluding diaryl/α,β-unsaturated/α-hetero) is 1. The van der Waals surface area contributed by atoms with E-state index in [2.05, 4.69) is 19.6 Å². The summed E-state index contributed by atoms with van der Waals surface area (Å²) in [6, 6.07) is 10.0. The van der Waals surface area contributed by atoms with Crippen molar-refractivity contribution in [3.8, 4) is 0 Å². The van der Waals surface area contributed by atoms with E-state index in [1.165, 1.54) is 0 Å². The molecule has 0 spiro atoms. The number of carbonyl (C=O) groups is 1. The molecule has 0 radical (unpaired) electrons. The zero-order valence-corrected chi connectivity index (χ0v) is 12.4. The third kappa shape index (κ3) is 4.44. The lowest BCUT2D eigenvalue weighted by Crippen LogP contribution is -2.47. The van der Waals surface area contributed by atoms with Gasteiger partial charge in [-0.25, -0.2) is 0 Å². The van der Waals surface area contributed by atoms with Crippen molar-refractivity contribution in [2.45, 2.75) is 45.5 Å². The SMILES string of the molecule is CC(=O)C(C)(Cc1ccccc1)O[Si](C)(C)C. The first-order valence-electron chi connectivity index (χ1n) is 5.98. The summed E-state index contributed by atoms with van der Waals surface area (Å²) in [6.07, 6.45) is 0.646. The smallest absolute Gasteiger partial charge is 0.185 e. The lowest BCUT2D eigenvalue weighted by Gasteiger charge is -2.34. The van der Waals surface area contributed by atoms with Gasteiger partial charge >= 0.3 is 0 Å². The predicted octanol–water partition coefficient (Wildman–Crippen LogP) is 3.43. The lowest BCUT2D eigenvalue weighted by atomic mass is 9.93. The van der Waals surface area contributed by atoms with E-state index in [-0.39, 0.29) is 5.78 Å². The van der Waals surface area contributed by atoms with Gasteiger partial charge in [0.05, 0.1) is 0 Å². The van der Waals surface area contributed by atoms with Crippen LogP contribution in [-0.4, -0.2) is 19.7 Å². The highest BCUT2D eigenvalue weighted by atomic mass is 28.4. The summed E-state index contributed by atoms with van der Waals surface area (Å²) in [4.78, 5) is 11.8. The van der Waals surface area contributed by atoms with Crippen molar-refractivity contribution in [2.24, 2.45) is 0 Å². The summed E-state index contributed by atoms with van der Waals surface area (Å²) < 4.78 is 6.08. The quantitative estimate of drug-likeness (QED) is 0.748. The molecule has 0 heterocycles. The molecule has 0 saturated heterocycles. The van der Waals surface area contributed by atoms with Crippen molar-refractivity contribution in [3.63, 3.8) is 0 Å². The van der Waals surface area contributed by atoms with Gasteiger partial charge in [0.2, 0.25) is 0 Å². The Morgan fingerprint density at radius 3 is 2.18 bits per heavy atom. The van der Waals surface area contributed by atoms with Crippen molar-refractivity contribution in [1.29, 1.82) is 0 Å². The van der Waals surface area contributed by atoms with E-state index in [4.69, 9.17) is 4.43 Å². The van der Waals surface area contributed by atoms with Gasteiger partial charge in [0.15, 0.2) is 14.1 Å². The van der Waals surface area contributed by atoms with E-state index in [1.807, 2.05) is 37.3 Å². The molecule has 0 aliphatic carbocycles. The average Bonchev–Trinajstić information content (AvgIpc) is 2.15. The predicted molar refractivity (Wildman–Crippen MR) is 73.7 cm³/mol. The van der Waals surface area contributed by atoms with E-state index in [0.29, 0.717) is 6.42 Å². The molecule has 94 valence electrons. The zero-order valence-electron chi connectivity index (χ0n) is 11.4.